The Labute approximate surface area is 207 Å². The van der Waals surface area contributed by atoms with Gasteiger partial charge in [-0.25, -0.2) is 0 Å². The van der Waals surface area contributed by atoms with E-state index in [2.05, 4.69) is 15.6 Å². The second-order valence-electron chi connectivity index (χ2n) is 9.05. The number of aromatic nitrogens is 2. The average molecular weight is 489 g/mol. The summed E-state index contributed by atoms with van der Waals surface area (Å²) in [5.41, 5.74) is 2.34. The van der Waals surface area contributed by atoms with Crippen molar-refractivity contribution in [2.75, 3.05) is 6.79 Å². The molecule has 0 radical (unpaired) electrons. The van der Waals surface area contributed by atoms with Gasteiger partial charge in [-0.1, -0.05) is 18.2 Å². The molecule has 9 nitrogen and oxygen atoms in total. The number of nitrogens with one attached hydrogen (secondary N) is 3. The van der Waals surface area contributed by atoms with Crippen molar-refractivity contribution in [2.24, 2.45) is 0 Å². The number of para-hydroxylation sites is 1. The summed E-state index contributed by atoms with van der Waals surface area (Å²) in [7, 11) is 0. The molecular weight excluding hydrogens is 460 g/mol. The third-order valence-electron chi connectivity index (χ3n) is 6.49. The normalized spacial score (nSPS) is 14.1. The molecule has 0 saturated carbocycles. The minimum Gasteiger partial charge on any atom is -0.454 e. The number of nitrogens with zero attached hydrogens (tertiary/aromatic N) is 1. The van der Waals surface area contributed by atoms with E-state index < -0.39 is 17.4 Å². The van der Waals surface area contributed by atoms with Gasteiger partial charge in [0.15, 0.2) is 11.5 Å². The van der Waals surface area contributed by atoms with Crippen LogP contribution in [0.25, 0.3) is 21.8 Å². The number of aromatic amines is 1. The van der Waals surface area contributed by atoms with E-state index in [0.29, 0.717) is 35.4 Å². The minimum absolute atomic E-state index is 0.0327. The fourth-order valence-corrected chi connectivity index (χ4v) is 4.59. The maximum Gasteiger partial charge on any atom is 0.257 e. The molecule has 0 bridgehead atoms. The smallest absolute Gasteiger partial charge is 0.257 e. The van der Waals surface area contributed by atoms with Gasteiger partial charge in [0.05, 0.1) is 10.9 Å². The Morgan fingerprint density at radius 1 is 1.08 bits per heavy atom. The lowest BCUT2D eigenvalue weighted by Crippen LogP contribution is -2.48. The van der Waals surface area contributed by atoms with Crippen molar-refractivity contribution in [1.29, 1.82) is 0 Å². The van der Waals surface area contributed by atoms with Crippen molar-refractivity contribution in [1.82, 2.24) is 20.2 Å². The highest BCUT2D eigenvalue weighted by Crippen LogP contribution is 2.35. The number of hydrogen-bond donors (Lipinski definition) is 3. The highest BCUT2D eigenvalue weighted by Gasteiger charge is 2.23. The predicted molar refractivity (Wildman–Crippen MR) is 137 cm³/mol. The van der Waals surface area contributed by atoms with Crippen LogP contribution in [0.2, 0.25) is 0 Å². The number of H-pyrrole nitrogens is 1. The van der Waals surface area contributed by atoms with Crippen LogP contribution in [0.5, 0.6) is 11.5 Å². The van der Waals surface area contributed by atoms with Crippen molar-refractivity contribution in [3.8, 4) is 11.5 Å². The summed E-state index contributed by atoms with van der Waals surface area (Å²) in [6.07, 6.45) is 4.11. The summed E-state index contributed by atoms with van der Waals surface area (Å²) >= 11 is 0. The van der Waals surface area contributed by atoms with E-state index in [1.165, 1.54) is 6.20 Å². The van der Waals surface area contributed by atoms with Gasteiger partial charge in [0.2, 0.25) is 18.1 Å². The second kappa shape index (κ2) is 9.41. The van der Waals surface area contributed by atoms with Gasteiger partial charge in [-0.15, -0.1) is 0 Å². The largest absolute Gasteiger partial charge is 0.454 e. The Hall–Kier alpha value is -4.27. The Morgan fingerprint density at radius 3 is 2.61 bits per heavy atom. The first-order valence-electron chi connectivity index (χ1n) is 12.0. The zero-order valence-electron chi connectivity index (χ0n) is 20.4. The zero-order valence-corrected chi connectivity index (χ0v) is 20.4. The average Bonchev–Trinajstić information content (AvgIpc) is 3.50. The fraction of sp³-hybridized carbons (Fsp3) is 0.296. The number of hydrogen-bond acceptors (Lipinski definition) is 5. The van der Waals surface area contributed by atoms with E-state index in [-0.39, 0.29) is 24.3 Å². The SMILES string of the molecule is CCn1cc(C(=O)N[C@@H](C)C(=O)N[C@@H](C)Cc2c[nH]c3ccccc23)c(=O)c2cc3c(cc21)OCO3. The van der Waals surface area contributed by atoms with Crippen LogP contribution in [0.1, 0.15) is 36.7 Å². The first kappa shape index (κ1) is 23.5. The van der Waals surface area contributed by atoms with Gasteiger partial charge in [-0.05, 0) is 44.9 Å². The molecular formula is C27H28N4O5. The minimum atomic E-state index is -0.829. The summed E-state index contributed by atoms with van der Waals surface area (Å²) in [6.45, 7) is 6.06. The molecule has 36 heavy (non-hydrogen) atoms. The molecule has 5 rings (SSSR count). The van der Waals surface area contributed by atoms with E-state index in [4.69, 9.17) is 9.47 Å². The molecule has 0 spiro atoms. The van der Waals surface area contributed by atoms with E-state index in [0.717, 1.165) is 16.5 Å². The first-order chi connectivity index (χ1) is 17.4. The molecule has 2 atom stereocenters. The third-order valence-corrected chi connectivity index (χ3v) is 6.49. The summed E-state index contributed by atoms with van der Waals surface area (Å²) < 4.78 is 12.6. The third kappa shape index (κ3) is 4.28. The van der Waals surface area contributed by atoms with Gasteiger partial charge < -0.3 is 29.7 Å². The Balaban J connectivity index is 1.30. The number of rotatable bonds is 7. The fourth-order valence-electron chi connectivity index (χ4n) is 4.59. The van der Waals surface area contributed by atoms with Gasteiger partial charge in [-0.2, -0.15) is 0 Å². The lowest BCUT2D eigenvalue weighted by molar-refractivity contribution is -0.123. The monoisotopic (exact) mass is 488 g/mol. The molecule has 3 heterocycles. The van der Waals surface area contributed by atoms with Gasteiger partial charge in [0.1, 0.15) is 11.6 Å². The van der Waals surface area contributed by atoms with Crippen molar-refractivity contribution in [2.45, 2.75) is 45.8 Å². The number of aryl methyl sites for hydroxylation is 1. The zero-order chi connectivity index (χ0) is 25.4. The van der Waals surface area contributed by atoms with Crippen LogP contribution in [0.3, 0.4) is 0 Å². The molecule has 186 valence electrons. The van der Waals surface area contributed by atoms with E-state index >= 15 is 0 Å². The first-order valence-corrected chi connectivity index (χ1v) is 12.0. The summed E-state index contributed by atoms with van der Waals surface area (Å²) in [5, 5.41) is 7.10. The number of amides is 2. The van der Waals surface area contributed by atoms with Crippen LogP contribution in [0, 0.1) is 0 Å². The quantitative estimate of drug-likeness (QED) is 0.370. The van der Waals surface area contributed by atoms with E-state index in [9.17, 15) is 14.4 Å². The molecule has 2 aromatic carbocycles. The Morgan fingerprint density at radius 2 is 1.83 bits per heavy atom. The number of pyridine rings is 1. The lowest BCUT2D eigenvalue weighted by atomic mass is 10.1. The highest BCUT2D eigenvalue weighted by molar-refractivity contribution is 6.00. The summed E-state index contributed by atoms with van der Waals surface area (Å²) in [6, 6.07) is 10.4. The van der Waals surface area contributed by atoms with Crippen LogP contribution < -0.4 is 25.5 Å². The maximum absolute atomic E-state index is 13.2. The topological polar surface area (TPSA) is 114 Å². The Bertz CT molecular complexity index is 1540. The molecule has 2 aromatic heterocycles. The van der Waals surface area contributed by atoms with E-state index in [1.807, 2.05) is 48.9 Å². The Kier molecular flexibility index (Phi) is 6.13. The van der Waals surface area contributed by atoms with Gasteiger partial charge >= 0.3 is 0 Å². The molecule has 1 aliphatic rings. The number of carbonyl (C=O) groups is 2. The molecule has 4 aromatic rings. The highest BCUT2D eigenvalue weighted by atomic mass is 16.7. The number of carbonyl (C=O) groups excluding carboxylic acids is 2. The van der Waals surface area contributed by atoms with Gasteiger partial charge in [-0.3, -0.25) is 14.4 Å². The van der Waals surface area contributed by atoms with Gasteiger partial charge in [0.25, 0.3) is 5.91 Å². The summed E-state index contributed by atoms with van der Waals surface area (Å²) in [5.74, 6) is 0.106. The van der Waals surface area contributed by atoms with Crippen LogP contribution >= 0.6 is 0 Å². The molecule has 0 aliphatic carbocycles. The van der Waals surface area contributed by atoms with Crippen molar-refractivity contribution in [3.05, 3.63) is 70.1 Å². The molecule has 3 N–H and O–H groups in total. The van der Waals surface area contributed by atoms with Crippen LogP contribution in [0.4, 0.5) is 0 Å². The van der Waals surface area contributed by atoms with Crippen molar-refractivity contribution < 1.29 is 19.1 Å². The number of ether oxygens (including phenoxy) is 2. The molecule has 0 unspecified atom stereocenters. The van der Waals surface area contributed by atoms with Crippen molar-refractivity contribution in [3.63, 3.8) is 0 Å². The predicted octanol–water partition coefficient (Wildman–Crippen LogP) is 3.10. The standard InChI is InChI=1S/C27H28N4O5/c1-4-31-13-20(25(32)19-10-23-24(11-22(19)31)36-14-35-23)27(34)30-16(3)26(33)29-15(2)9-17-12-28-21-8-6-5-7-18(17)21/h5-8,10-13,15-16,28H,4,9,14H2,1-3H3,(H,29,33)(H,30,34)/t15-,16-/m0/s1. The van der Waals surface area contributed by atoms with Gasteiger partial charge in [0, 0.05) is 41.9 Å². The molecule has 9 heteroatoms. The molecule has 2 amide bonds. The second-order valence-corrected chi connectivity index (χ2v) is 9.05. The summed E-state index contributed by atoms with van der Waals surface area (Å²) in [4.78, 5) is 42.3. The van der Waals surface area contributed by atoms with E-state index in [1.54, 1.807) is 19.1 Å². The van der Waals surface area contributed by atoms with Crippen LogP contribution in [-0.2, 0) is 17.8 Å². The number of fused-ring (bicyclic) bond motifs is 3. The maximum atomic E-state index is 13.2. The van der Waals surface area contributed by atoms with Crippen molar-refractivity contribution >= 4 is 33.6 Å². The van der Waals surface area contributed by atoms with Crippen LogP contribution in [-0.4, -0.2) is 40.2 Å². The lowest BCUT2D eigenvalue weighted by Gasteiger charge is -2.19. The molecule has 1 aliphatic heterocycles. The van der Waals surface area contributed by atoms with Crippen LogP contribution in [0.15, 0.2) is 53.6 Å². The molecule has 0 saturated heterocycles. The number of benzene rings is 2. The molecule has 0 fully saturated rings.